The summed E-state index contributed by atoms with van der Waals surface area (Å²) in [5.41, 5.74) is 0. The molecule has 0 aliphatic heterocycles. The molecule has 7 heteroatoms. The van der Waals surface area contributed by atoms with Gasteiger partial charge in [-0.3, -0.25) is 4.79 Å². The van der Waals surface area contributed by atoms with Crippen LogP contribution in [0.1, 0.15) is 6.92 Å². The largest absolute Gasteiger partial charge is 0.383 e. The normalized spacial score (nSPS) is 13.4. The van der Waals surface area contributed by atoms with E-state index in [0.29, 0.717) is 13.2 Å². The Bertz CT molecular complexity index is 303. The fraction of sp³-hybridized carbons (Fsp3) is 0.889. The van der Waals surface area contributed by atoms with E-state index in [0.717, 1.165) is 0 Å². The highest BCUT2D eigenvalue weighted by Gasteiger charge is 2.10. The first kappa shape index (κ1) is 15.3. The molecule has 0 fully saturated rings. The van der Waals surface area contributed by atoms with Gasteiger partial charge in [0.15, 0.2) is 0 Å². The van der Waals surface area contributed by atoms with Crippen LogP contribution < -0.4 is 10.6 Å². The van der Waals surface area contributed by atoms with E-state index in [4.69, 9.17) is 4.74 Å². The lowest BCUT2D eigenvalue weighted by Crippen LogP contribution is -2.41. The highest BCUT2D eigenvalue weighted by Crippen LogP contribution is 1.89. The topological polar surface area (TPSA) is 84.5 Å². The van der Waals surface area contributed by atoms with E-state index in [1.54, 1.807) is 14.0 Å². The van der Waals surface area contributed by atoms with Crippen molar-refractivity contribution in [3.63, 3.8) is 0 Å². The van der Waals surface area contributed by atoms with Gasteiger partial charge in [0.1, 0.15) is 9.84 Å². The molecule has 0 aliphatic carbocycles. The number of methoxy groups -OCH3 is 1. The van der Waals surface area contributed by atoms with Crippen molar-refractivity contribution >= 4 is 15.7 Å². The van der Waals surface area contributed by atoms with Gasteiger partial charge in [0.25, 0.3) is 0 Å². The van der Waals surface area contributed by atoms with E-state index in [1.807, 2.05) is 0 Å². The highest BCUT2D eigenvalue weighted by molar-refractivity contribution is 7.90. The number of ether oxygens (including phenoxy) is 1. The summed E-state index contributed by atoms with van der Waals surface area (Å²) >= 11 is 0. The molecule has 0 aromatic rings. The molecular formula is C9H20N2O4S. The van der Waals surface area contributed by atoms with Crippen LogP contribution in [0.5, 0.6) is 0 Å². The van der Waals surface area contributed by atoms with Gasteiger partial charge in [-0.25, -0.2) is 8.42 Å². The standard InChI is InChI=1S/C9H20N2O4S/c1-8(7-16(3,13)14)11-6-9(12)10-4-5-15-2/h8,11H,4-7H2,1-3H3,(H,10,12). The Morgan fingerprint density at radius 1 is 1.44 bits per heavy atom. The molecule has 6 nitrogen and oxygen atoms in total. The Hall–Kier alpha value is -0.660. The SMILES string of the molecule is COCCNC(=O)CNC(C)CS(C)(=O)=O. The van der Waals surface area contributed by atoms with Crippen molar-refractivity contribution in [1.82, 2.24) is 10.6 Å². The molecule has 1 amide bonds. The van der Waals surface area contributed by atoms with Crippen LogP contribution in [0.4, 0.5) is 0 Å². The van der Waals surface area contributed by atoms with Crippen molar-refractivity contribution < 1.29 is 17.9 Å². The molecule has 0 aromatic heterocycles. The number of carbonyl (C=O) groups excluding carboxylic acids is 1. The Labute approximate surface area is 96.7 Å². The lowest BCUT2D eigenvalue weighted by molar-refractivity contribution is -0.120. The lowest BCUT2D eigenvalue weighted by atomic mass is 10.4. The van der Waals surface area contributed by atoms with Crippen molar-refractivity contribution in [2.45, 2.75) is 13.0 Å². The van der Waals surface area contributed by atoms with Crippen molar-refractivity contribution in [1.29, 1.82) is 0 Å². The van der Waals surface area contributed by atoms with Gasteiger partial charge in [-0.15, -0.1) is 0 Å². The van der Waals surface area contributed by atoms with E-state index in [-0.39, 0.29) is 24.2 Å². The van der Waals surface area contributed by atoms with Crippen molar-refractivity contribution in [2.24, 2.45) is 0 Å². The molecule has 0 spiro atoms. The summed E-state index contributed by atoms with van der Waals surface area (Å²) in [5, 5.41) is 5.46. The van der Waals surface area contributed by atoms with E-state index >= 15 is 0 Å². The summed E-state index contributed by atoms with van der Waals surface area (Å²) in [7, 11) is -1.45. The van der Waals surface area contributed by atoms with E-state index < -0.39 is 9.84 Å². The first-order valence-corrected chi connectivity index (χ1v) is 7.08. The molecule has 0 radical (unpaired) electrons. The third-order valence-electron chi connectivity index (χ3n) is 1.79. The van der Waals surface area contributed by atoms with Crippen molar-refractivity contribution in [3.05, 3.63) is 0 Å². The van der Waals surface area contributed by atoms with Gasteiger partial charge in [0.05, 0.1) is 18.9 Å². The molecule has 2 N–H and O–H groups in total. The first-order valence-electron chi connectivity index (χ1n) is 5.02. The molecule has 0 saturated carbocycles. The minimum Gasteiger partial charge on any atom is -0.383 e. The fourth-order valence-electron chi connectivity index (χ4n) is 1.13. The van der Waals surface area contributed by atoms with Gasteiger partial charge >= 0.3 is 0 Å². The van der Waals surface area contributed by atoms with Crippen LogP contribution in [0.2, 0.25) is 0 Å². The second-order valence-electron chi connectivity index (χ2n) is 3.72. The number of sulfone groups is 1. The summed E-state index contributed by atoms with van der Waals surface area (Å²) < 4.78 is 26.6. The zero-order chi connectivity index (χ0) is 12.6. The average Bonchev–Trinajstić information content (AvgIpc) is 2.12. The van der Waals surface area contributed by atoms with E-state index in [1.165, 1.54) is 6.26 Å². The van der Waals surface area contributed by atoms with Gasteiger partial charge in [0.2, 0.25) is 5.91 Å². The predicted octanol–water partition coefficient (Wildman–Crippen LogP) is -1.23. The highest BCUT2D eigenvalue weighted by atomic mass is 32.2. The van der Waals surface area contributed by atoms with Gasteiger partial charge in [0, 0.05) is 26.0 Å². The zero-order valence-electron chi connectivity index (χ0n) is 9.95. The molecule has 1 unspecified atom stereocenters. The number of hydrogen-bond donors (Lipinski definition) is 2. The number of nitrogens with one attached hydrogen (secondary N) is 2. The average molecular weight is 252 g/mol. The van der Waals surface area contributed by atoms with Gasteiger partial charge < -0.3 is 15.4 Å². The smallest absolute Gasteiger partial charge is 0.234 e. The molecular weight excluding hydrogens is 232 g/mol. The first-order chi connectivity index (χ1) is 7.35. The van der Waals surface area contributed by atoms with E-state index in [9.17, 15) is 13.2 Å². The molecule has 1 atom stereocenters. The van der Waals surface area contributed by atoms with Crippen LogP contribution in [0.15, 0.2) is 0 Å². The minimum absolute atomic E-state index is 0.0261. The second-order valence-corrected chi connectivity index (χ2v) is 5.90. The van der Waals surface area contributed by atoms with Gasteiger partial charge in [-0.05, 0) is 6.92 Å². The van der Waals surface area contributed by atoms with Crippen LogP contribution in [-0.4, -0.2) is 59.2 Å². The molecule has 0 aliphatic rings. The number of rotatable bonds is 8. The van der Waals surface area contributed by atoms with Crippen LogP contribution >= 0.6 is 0 Å². The molecule has 0 aromatic carbocycles. The maximum absolute atomic E-state index is 11.2. The summed E-state index contributed by atoms with van der Waals surface area (Å²) in [6, 6.07) is -0.233. The molecule has 0 saturated heterocycles. The fourth-order valence-corrected chi connectivity index (χ4v) is 2.16. The Morgan fingerprint density at radius 3 is 2.56 bits per heavy atom. The third kappa shape index (κ3) is 9.88. The van der Waals surface area contributed by atoms with Crippen LogP contribution in [-0.2, 0) is 19.4 Å². The van der Waals surface area contributed by atoms with Crippen molar-refractivity contribution in [3.8, 4) is 0 Å². The second kappa shape index (κ2) is 7.59. The number of amides is 1. The van der Waals surface area contributed by atoms with Gasteiger partial charge in [-0.2, -0.15) is 0 Å². The van der Waals surface area contributed by atoms with E-state index in [2.05, 4.69) is 10.6 Å². The maximum Gasteiger partial charge on any atom is 0.234 e. The lowest BCUT2D eigenvalue weighted by Gasteiger charge is -2.12. The predicted molar refractivity (Wildman–Crippen MR) is 62.1 cm³/mol. The Morgan fingerprint density at radius 2 is 2.06 bits per heavy atom. The summed E-state index contributed by atoms with van der Waals surface area (Å²) in [4.78, 5) is 11.2. The summed E-state index contributed by atoms with van der Waals surface area (Å²) in [5.74, 6) is -0.143. The van der Waals surface area contributed by atoms with Gasteiger partial charge in [-0.1, -0.05) is 0 Å². The molecule has 16 heavy (non-hydrogen) atoms. The summed E-state index contributed by atoms with van der Waals surface area (Å²) in [6.07, 6.45) is 1.17. The monoisotopic (exact) mass is 252 g/mol. The number of carbonyl (C=O) groups is 1. The Kier molecular flexibility index (Phi) is 7.27. The molecule has 0 bridgehead atoms. The van der Waals surface area contributed by atoms with Crippen molar-refractivity contribution in [2.75, 3.05) is 38.8 Å². The van der Waals surface area contributed by atoms with Crippen LogP contribution in [0.3, 0.4) is 0 Å². The molecule has 0 rings (SSSR count). The van der Waals surface area contributed by atoms with Crippen LogP contribution in [0, 0.1) is 0 Å². The molecule has 96 valence electrons. The van der Waals surface area contributed by atoms with Crippen LogP contribution in [0.25, 0.3) is 0 Å². The maximum atomic E-state index is 11.2. The summed E-state index contributed by atoms with van der Waals surface area (Å²) in [6.45, 7) is 2.76. The quantitative estimate of drug-likeness (QED) is 0.529. The number of hydrogen-bond acceptors (Lipinski definition) is 5. The third-order valence-corrected chi connectivity index (χ3v) is 2.90. The Balaban J connectivity index is 3.67. The minimum atomic E-state index is -3.01. The molecule has 0 heterocycles. The zero-order valence-corrected chi connectivity index (χ0v) is 10.8.